The normalized spacial score (nSPS) is 17.9. The van der Waals surface area contributed by atoms with Crippen LogP contribution in [0.5, 0.6) is 0 Å². The Bertz CT molecular complexity index is 317. The van der Waals surface area contributed by atoms with E-state index in [-0.39, 0.29) is 5.82 Å². The van der Waals surface area contributed by atoms with Gasteiger partial charge in [0.25, 0.3) is 0 Å². The van der Waals surface area contributed by atoms with Gasteiger partial charge in [0, 0.05) is 26.7 Å². The van der Waals surface area contributed by atoms with Gasteiger partial charge in [-0.3, -0.25) is 0 Å². The van der Waals surface area contributed by atoms with Crippen molar-refractivity contribution in [1.82, 2.24) is 10.0 Å². The van der Waals surface area contributed by atoms with Crippen molar-refractivity contribution in [3.05, 3.63) is 35.6 Å². The lowest BCUT2D eigenvalue weighted by molar-refractivity contribution is -0.0234. The number of piperidine rings is 1. The third-order valence-corrected chi connectivity index (χ3v) is 3.14. The van der Waals surface area contributed by atoms with Crippen LogP contribution in [-0.2, 0) is 6.54 Å². The van der Waals surface area contributed by atoms with Crippen LogP contribution in [0.1, 0.15) is 24.8 Å². The van der Waals surface area contributed by atoms with Gasteiger partial charge in [0.2, 0.25) is 0 Å². The van der Waals surface area contributed by atoms with Gasteiger partial charge >= 0.3 is 0 Å². The van der Waals surface area contributed by atoms with Crippen molar-refractivity contribution in [3.8, 4) is 0 Å². The minimum atomic E-state index is -0.163. The second-order valence-electron chi connectivity index (χ2n) is 4.46. The molecule has 1 aromatic carbocycles. The fraction of sp³-hybridized carbons (Fsp3) is 0.538. The molecule has 0 unspecified atom stereocenters. The molecule has 1 heterocycles. The van der Waals surface area contributed by atoms with Crippen molar-refractivity contribution in [2.45, 2.75) is 25.8 Å². The molecule has 0 saturated carbocycles. The molecule has 1 fully saturated rings. The molecule has 16 heavy (non-hydrogen) atoms. The first-order valence-electron chi connectivity index (χ1n) is 5.96. The van der Waals surface area contributed by atoms with Crippen LogP contribution in [0.3, 0.4) is 0 Å². The van der Waals surface area contributed by atoms with Crippen LogP contribution in [0.2, 0.25) is 0 Å². The number of hydrazine groups is 1. The molecule has 3 heteroatoms. The second-order valence-corrected chi connectivity index (χ2v) is 4.46. The zero-order chi connectivity index (χ0) is 11.4. The third kappa shape index (κ3) is 3.03. The van der Waals surface area contributed by atoms with E-state index in [1.54, 1.807) is 0 Å². The molecule has 1 aliphatic heterocycles. The van der Waals surface area contributed by atoms with E-state index in [4.69, 9.17) is 0 Å². The van der Waals surface area contributed by atoms with E-state index < -0.39 is 0 Å². The van der Waals surface area contributed by atoms with E-state index >= 15 is 0 Å². The molecule has 0 atom stereocenters. The molecule has 0 aromatic heterocycles. The number of halogens is 1. The van der Waals surface area contributed by atoms with Crippen molar-refractivity contribution in [2.24, 2.45) is 0 Å². The molecule has 2 rings (SSSR count). The summed E-state index contributed by atoms with van der Waals surface area (Å²) in [7, 11) is 2.11. The van der Waals surface area contributed by atoms with Gasteiger partial charge in [-0.2, -0.15) is 0 Å². The zero-order valence-electron chi connectivity index (χ0n) is 9.82. The number of benzene rings is 1. The van der Waals surface area contributed by atoms with Crippen LogP contribution in [0, 0.1) is 5.82 Å². The molecule has 1 aliphatic rings. The highest BCUT2D eigenvalue weighted by Gasteiger charge is 2.14. The minimum Gasteiger partial charge on any atom is -0.242 e. The zero-order valence-corrected chi connectivity index (χ0v) is 9.82. The molecular formula is C13H19FN2. The van der Waals surface area contributed by atoms with E-state index in [1.165, 1.54) is 31.4 Å². The molecule has 0 radical (unpaired) electrons. The second kappa shape index (κ2) is 5.41. The SMILES string of the molecule is CN(Cc1ccc(F)cc1)N1CCCCC1. The van der Waals surface area contributed by atoms with Gasteiger partial charge in [-0.25, -0.2) is 14.4 Å². The number of hydrogen-bond donors (Lipinski definition) is 0. The lowest BCUT2D eigenvalue weighted by atomic mass is 10.1. The van der Waals surface area contributed by atoms with Crippen LogP contribution in [-0.4, -0.2) is 30.2 Å². The maximum absolute atomic E-state index is 12.8. The van der Waals surface area contributed by atoms with Gasteiger partial charge in [0.05, 0.1) is 0 Å². The highest BCUT2D eigenvalue weighted by atomic mass is 19.1. The predicted molar refractivity (Wildman–Crippen MR) is 63.3 cm³/mol. The van der Waals surface area contributed by atoms with Gasteiger partial charge in [-0.05, 0) is 30.5 Å². The van der Waals surface area contributed by atoms with Gasteiger partial charge in [-0.15, -0.1) is 0 Å². The third-order valence-electron chi connectivity index (χ3n) is 3.14. The van der Waals surface area contributed by atoms with E-state index in [1.807, 2.05) is 12.1 Å². The lowest BCUT2D eigenvalue weighted by Gasteiger charge is -2.34. The Kier molecular flexibility index (Phi) is 3.91. The predicted octanol–water partition coefficient (Wildman–Crippen LogP) is 2.66. The Hall–Kier alpha value is -0.930. The largest absolute Gasteiger partial charge is 0.242 e. The van der Waals surface area contributed by atoms with Crippen molar-refractivity contribution in [3.63, 3.8) is 0 Å². The van der Waals surface area contributed by atoms with Gasteiger partial charge in [-0.1, -0.05) is 18.6 Å². The molecular weight excluding hydrogens is 203 g/mol. The first-order valence-corrected chi connectivity index (χ1v) is 5.96. The van der Waals surface area contributed by atoms with Crippen LogP contribution < -0.4 is 0 Å². The lowest BCUT2D eigenvalue weighted by Crippen LogP contribution is -2.42. The molecule has 1 saturated heterocycles. The maximum atomic E-state index is 12.8. The highest BCUT2D eigenvalue weighted by molar-refractivity contribution is 5.15. The van der Waals surface area contributed by atoms with E-state index in [0.29, 0.717) is 0 Å². The number of rotatable bonds is 3. The highest BCUT2D eigenvalue weighted by Crippen LogP contribution is 2.13. The summed E-state index contributed by atoms with van der Waals surface area (Å²) in [5, 5.41) is 4.62. The molecule has 0 spiro atoms. The van der Waals surface area contributed by atoms with E-state index in [0.717, 1.165) is 25.2 Å². The summed E-state index contributed by atoms with van der Waals surface area (Å²) >= 11 is 0. The van der Waals surface area contributed by atoms with Crippen molar-refractivity contribution >= 4 is 0 Å². The van der Waals surface area contributed by atoms with Crippen molar-refractivity contribution in [2.75, 3.05) is 20.1 Å². The number of nitrogens with zero attached hydrogens (tertiary/aromatic N) is 2. The van der Waals surface area contributed by atoms with Crippen LogP contribution in [0.15, 0.2) is 24.3 Å². The molecule has 88 valence electrons. The Labute approximate surface area is 96.6 Å². The fourth-order valence-corrected chi connectivity index (χ4v) is 2.17. The standard InChI is InChI=1S/C13H19FN2/c1-15(16-9-3-2-4-10-16)11-12-5-7-13(14)8-6-12/h5-8H,2-4,9-11H2,1H3. The summed E-state index contributed by atoms with van der Waals surface area (Å²) < 4.78 is 12.8. The van der Waals surface area contributed by atoms with Crippen LogP contribution in [0.4, 0.5) is 4.39 Å². The summed E-state index contributed by atoms with van der Waals surface area (Å²) in [4.78, 5) is 0. The Morgan fingerprint density at radius 3 is 2.38 bits per heavy atom. The van der Waals surface area contributed by atoms with E-state index in [2.05, 4.69) is 17.1 Å². The summed E-state index contributed by atoms with van der Waals surface area (Å²) in [6, 6.07) is 6.77. The quantitative estimate of drug-likeness (QED) is 0.775. The smallest absolute Gasteiger partial charge is 0.123 e. The average Bonchev–Trinajstić information content (AvgIpc) is 2.33. The molecule has 0 bridgehead atoms. The van der Waals surface area contributed by atoms with Crippen molar-refractivity contribution < 1.29 is 4.39 Å². The Morgan fingerprint density at radius 2 is 1.75 bits per heavy atom. The first-order chi connectivity index (χ1) is 7.75. The Morgan fingerprint density at radius 1 is 1.12 bits per heavy atom. The topological polar surface area (TPSA) is 6.48 Å². The molecule has 1 aromatic rings. The average molecular weight is 222 g/mol. The maximum Gasteiger partial charge on any atom is 0.123 e. The van der Waals surface area contributed by atoms with Gasteiger partial charge < -0.3 is 0 Å². The summed E-state index contributed by atoms with van der Waals surface area (Å²) in [5.41, 5.74) is 1.16. The first kappa shape index (κ1) is 11.6. The summed E-state index contributed by atoms with van der Waals surface area (Å²) in [6.07, 6.45) is 3.92. The number of hydrogen-bond acceptors (Lipinski definition) is 2. The van der Waals surface area contributed by atoms with Gasteiger partial charge in [0.1, 0.15) is 5.82 Å². The molecule has 2 nitrogen and oxygen atoms in total. The molecule has 0 aliphatic carbocycles. The fourth-order valence-electron chi connectivity index (χ4n) is 2.17. The molecule has 0 N–H and O–H groups in total. The summed E-state index contributed by atoms with van der Waals surface area (Å²) in [6.45, 7) is 3.16. The van der Waals surface area contributed by atoms with Gasteiger partial charge in [0.15, 0.2) is 0 Å². The van der Waals surface area contributed by atoms with Crippen LogP contribution in [0.25, 0.3) is 0 Å². The molecule has 0 amide bonds. The Balaban J connectivity index is 1.90. The summed E-state index contributed by atoms with van der Waals surface area (Å²) in [5.74, 6) is -0.163. The van der Waals surface area contributed by atoms with Crippen LogP contribution >= 0.6 is 0 Å². The minimum absolute atomic E-state index is 0.163. The monoisotopic (exact) mass is 222 g/mol. The van der Waals surface area contributed by atoms with E-state index in [9.17, 15) is 4.39 Å². The van der Waals surface area contributed by atoms with Crippen molar-refractivity contribution in [1.29, 1.82) is 0 Å².